The van der Waals surface area contributed by atoms with E-state index in [1.54, 1.807) is 6.92 Å². The van der Waals surface area contributed by atoms with Crippen LogP contribution in [0.15, 0.2) is 12.1 Å². The number of aliphatic hydroxyl groups is 1. The van der Waals surface area contributed by atoms with Crippen molar-refractivity contribution in [2.24, 2.45) is 0 Å². The van der Waals surface area contributed by atoms with Crippen molar-refractivity contribution in [3.63, 3.8) is 0 Å². The molecule has 116 valence electrons. The Kier molecular flexibility index (Phi) is 5.98. The van der Waals surface area contributed by atoms with Crippen LogP contribution in [0, 0.1) is 6.92 Å². The number of ether oxygens (including phenoxy) is 3. The van der Waals surface area contributed by atoms with Crippen LogP contribution >= 0.6 is 0 Å². The lowest BCUT2D eigenvalue weighted by Crippen LogP contribution is -2.44. The van der Waals surface area contributed by atoms with Crippen LogP contribution in [0.5, 0.6) is 11.5 Å². The molecule has 0 heterocycles. The SMILES string of the molecule is COC(=O)C(CO)NC(=O)c1cc(OC)c(C)c(OC)c1. The smallest absolute Gasteiger partial charge is 0.330 e. The van der Waals surface area contributed by atoms with E-state index in [9.17, 15) is 9.59 Å². The molecule has 21 heavy (non-hydrogen) atoms. The summed E-state index contributed by atoms with van der Waals surface area (Å²) in [6.45, 7) is 1.24. The molecule has 0 spiro atoms. The Bertz CT molecular complexity index is 503. The van der Waals surface area contributed by atoms with E-state index in [1.807, 2.05) is 0 Å². The first-order valence-electron chi connectivity index (χ1n) is 6.20. The maximum atomic E-state index is 12.1. The second kappa shape index (κ2) is 7.49. The van der Waals surface area contributed by atoms with Gasteiger partial charge in [0.15, 0.2) is 6.04 Å². The topological polar surface area (TPSA) is 94.1 Å². The van der Waals surface area contributed by atoms with Crippen molar-refractivity contribution in [1.82, 2.24) is 5.32 Å². The van der Waals surface area contributed by atoms with E-state index in [0.717, 1.165) is 5.56 Å². The summed E-state index contributed by atoms with van der Waals surface area (Å²) in [7, 11) is 4.14. The first kappa shape index (κ1) is 16.8. The van der Waals surface area contributed by atoms with Crippen molar-refractivity contribution in [2.45, 2.75) is 13.0 Å². The average molecular weight is 297 g/mol. The molecule has 1 aromatic carbocycles. The van der Waals surface area contributed by atoms with E-state index in [-0.39, 0.29) is 5.56 Å². The van der Waals surface area contributed by atoms with Gasteiger partial charge in [0.2, 0.25) is 0 Å². The highest BCUT2D eigenvalue weighted by Gasteiger charge is 2.22. The molecule has 0 aliphatic rings. The van der Waals surface area contributed by atoms with Crippen LogP contribution in [0.3, 0.4) is 0 Å². The standard InChI is InChI=1S/C14H19NO6/c1-8-11(19-2)5-9(6-12(8)20-3)13(17)15-10(7-16)14(18)21-4/h5-6,10,16H,7H2,1-4H3,(H,15,17). The van der Waals surface area contributed by atoms with Gasteiger partial charge in [-0.25, -0.2) is 4.79 Å². The van der Waals surface area contributed by atoms with Gasteiger partial charge in [0.25, 0.3) is 5.91 Å². The molecule has 0 saturated carbocycles. The summed E-state index contributed by atoms with van der Waals surface area (Å²) >= 11 is 0. The zero-order valence-corrected chi connectivity index (χ0v) is 12.4. The number of nitrogens with one attached hydrogen (secondary N) is 1. The molecular formula is C14H19NO6. The fourth-order valence-corrected chi connectivity index (χ4v) is 1.78. The number of aliphatic hydroxyl groups excluding tert-OH is 1. The highest BCUT2D eigenvalue weighted by molar-refractivity contribution is 5.97. The molecule has 0 saturated heterocycles. The second-order valence-corrected chi connectivity index (χ2v) is 4.24. The Morgan fingerprint density at radius 1 is 1.19 bits per heavy atom. The molecule has 0 aliphatic heterocycles. The second-order valence-electron chi connectivity index (χ2n) is 4.24. The maximum Gasteiger partial charge on any atom is 0.330 e. The van der Waals surface area contributed by atoms with E-state index in [2.05, 4.69) is 10.1 Å². The zero-order valence-electron chi connectivity index (χ0n) is 12.4. The first-order valence-corrected chi connectivity index (χ1v) is 6.20. The number of esters is 1. The number of hydrogen-bond acceptors (Lipinski definition) is 6. The molecule has 1 rings (SSSR count). The Balaban J connectivity index is 3.04. The van der Waals surface area contributed by atoms with Crippen LogP contribution in [0.4, 0.5) is 0 Å². The third-order valence-corrected chi connectivity index (χ3v) is 2.99. The molecule has 0 aliphatic carbocycles. The highest BCUT2D eigenvalue weighted by atomic mass is 16.5. The first-order chi connectivity index (χ1) is 9.98. The minimum absolute atomic E-state index is 0.247. The van der Waals surface area contributed by atoms with Gasteiger partial charge in [0.05, 0.1) is 27.9 Å². The Hall–Kier alpha value is -2.28. The van der Waals surface area contributed by atoms with Crippen molar-refractivity contribution in [3.8, 4) is 11.5 Å². The monoisotopic (exact) mass is 297 g/mol. The summed E-state index contributed by atoms with van der Waals surface area (Å²) < 4.78 is 14.8. The summed E-state index contributed by atoms with van der Waals surface area (Å²) in [5.41, 5.74) is 1.000. The van der Waals surface area contributed by atoms with Crippen LogP contribution in [0.25, 0.3) is 0 Å². The van der Waals surface area contributed by atoms with Gasteiger partial charge in [-0.05, 0) is 19.1 Å². The van der Waals surface area contributed by atoms with Gasteiger partial charge in [-0.2, -0.15) is 0 Å². The lowest BCUT2D eigenvalue weighted by molar-refractivity contribution is -0.143. The number of amides is 1. The molecule has 0 radical (unpaired) electrons. The van der Waals surface area contributed by atoms with Crippen molar-refractivity contribution < 1.29 is 28.9 Å². The highest BCUT2D eigenvalue weighted by Crippen LogP contribution is 2.29. The summed E-state index contributed by atoms with van der Waals surface area (Å²) in [5.74, 6) is -0.302. The van der Waals surface area contributed by atoms with Crippen LogP contribution in [0.1, 0.15) is 15.9 Å². The van der Waals surface area contributed by atoms with E-state index in [0.29, 0.717) is 11.5 Å². The third kappa shape index (κ3) is 3.85. The van der Waals surface area contributed by atoms with Crippen molar-refractivity contribution in [1.29, 1.82) is 0 Å². The largest absolute Gasteiger partial charge is 0.496 e. The van der Waals surface area contributed by atoms with Crippen molar-refractivity contribution in [3.05, 3.63) is 23.3 Å². The Morgan fingerprint density at radius 2 is 1.71 bits per heavy atom. The molecule has 1 aromatic rings. The fourth-order valence-electron chi connectivity index (χ4n) is 1.78. The maximum absolute atomic E-state index is 12.1. The number of hydrogen-bond donors (Lipinski definition) is 2. The molecule has 7 nitrogen and oxygen atoms in total. The van der Waals surface area contributed by atoms with E-state index in [4.69, 9.17) is 14.6 Å². The van der Waals surface area contributed by atoms with E-state index < -0.39 is 24.5 Å². The molecule has 2 N–H and O–H groups in total. The summed E-state index contributed by atoms with van der Waals surface area (Å²) in [6.07, 6.45) is 0. The molecule has 7 heteroatoms. The van der Waals surface area contributed by atoms with Gasteiger partial charge in [0, 0.05) is 11.1 Å². The van der Waals surface area contributed by atoms with Crippen LogP contribution in [-0.2, 0) is 9.53 Å². The van der Waals surface area contributed by atoms with Gasteiger partial charge in [-0.3, -0.25) is 4.79 Å². The van der Waals surface area contributed by atoms with Gasteiger partial charge in [0.1, 0.15) is 11.5 Å². The zero-order chi connectivity index (χ0) is 16.0. The number of carbonyl (C=O) groups is 2. The lowest BCUT2D eigenvalue weighted by atomic mass is 10.1. The predicted octanol–water partition coefficient (Wildman–Crippen LogP) is 0.276. The summed E-state index contributed by atoms with van der Waals surface area (Å²) in [5, 5.41) is 11.5. The normalized spacial score (nSPS) is 11.5. The summed E-state index contributed by atoms with van der Waals surface area (Å²) in [6, 6.07) is 1.93. The number of carbonyl (C=O) groups excluding carboxylic acids is 2. The molecule has 1 atom stereocenters. The molecule has 0 bridgehead atoms. The van der Waals surface area contributed by atoms with Crippen molar-refractivity contribution >= 4 is 11.9 Å². The lowest BCUT2D eigenvalue weighted by Gasteiger charge is -2.16. The minimum Gasteiger partial charge on any atom is -0.496 e. The Labute approximate surface area is 122 Å². The predicted molar refractivity (Wildman–Crippen MR) is 74.6 cm³/mol. The van der Waals surface area contributed by atoms with Gasteiger partial charge >= 0.3 is 5.97 Å². The molecular weight excluding hydrogens is 278 g/mol. The van der Waals surface area contributed by atoms with Gasteiger partial charge < -0.3 is 24.6 Å². The minimum atomic E-state index is -1.12. The third-order valence-electron chi connectivity index (χ3n) is 2.99. The van der Waals surface area contributed by atoms with E-state index in [1.165, 1.54) is 33.5 Å². The van der Waals surface area contributed by atoms with Crippen LogP contribution in [-0.4, -0.2) is 51.0 Å². The fraction of sp³-hybridized carbons (Fsp3) is 0.429. The molecule has 0 fully saturated rings. The molecule has 1 unspecified atom stereocenters. The molecule has 0 aromatic heterocycles. The quantitative estimate of drug-likeness (QED) is 0.732. The molecule has 1 amide bonds. The van der Waals surface area contributed by atoms with Crippen molar-refractivity contribution in [2.75, 3.05) is 27.9 Å². The number of rotatable bonds is 6. The summed E-state index contributed by atoms with van der Waals surface area (Å²) in [4.78, 5) is 23.5. The van der Waals surface area contributed by atoms with E-state index >= 15 is 0 Å². The van der Waals surface area contributed by atoms with Crippen LogP contribution < -0.4 is 14.8 Å². The Morgan fingerprint density at radius 3 is 2.10 bits per heavy atom. The van der Waals surface area contributed by atoms with Crippen LogP contribution in [0.2, 0.25) is 0 Å². The number of benzene rings is 1. The van der Waals surface area contributed by atoms with Gasteiger partial charge in [-0.1, -0.05) is 0 Å². The van der Waals surface area contributed by atoms with Gasteiger partial charge in [-0.15, -0.1) is 0 Å². The average Bonchev–Trinajstić information content (AvgIpc) is 2.51. The number of methoxy groups -OCH3 is 3.